The van der Waals surface area contributed by atoms with E-state index >= 15 is 0 Å². The molecule has 1 heterocycles. The summed E-state index contributed by atoms with van der Waals surface area (Å²) >= 11 is 4.21. The van der Waals surface area contributed by atoms with Gasteiger partial charge >= 0.3 is 0 Å². The molecule has 1 aromatic heterocycles. The van der Waals surface area contributed by atoms with Crippen LogP contribution in [-0.4, -0.2) is 10.3 Å². The van der Waals surface area contributed by atoms with Crippen molar-refractivity contribution >= 4 is 12.6 Å². The van der Waals surface area contributed by atoms with Crippen molar-refractivity contribution in [1.29, 1.82) is 0 Å². The van der Waals surface area contributed by atoms with Crippen molar-refractivity contribution in [3.05, 3.63) is 34.7 Å². The molecule has 14 heavy (non-hydrogen) atoms. The highest BCUT2D eigenvalue weighted by Crippen LogP contribution is 2.09. The highest BCUT2D eigenvalue weighted by molar-refractivity contribution is 7.80. The van der Waals surface area contributed by atoms with Crippen molar-refractivity contribution < 1.29 is 0 Å². The van der Waals surface area contributed by atoms with Crippen LogP contribution in [0.15, 0.2) is 29.3 Å². The van der Waals surface area contributed by atoms with Crippen molar-refractivity contribution in [2.75, 3.05) is 5.75 Å². The average molecular weight is 211 g/mol. The summed E-state index contributed by atoms with van der Waals surface area (Å²) in [5.74, 6) is 1.65. The summed E-state index contributed by atoms with van der Waals surface area (Å²) in [4.78, 5) is 10.8. The molecule has 0 radical (unpaired) electrons. The lowest BCUT2D eigenvalue weighted by Gasteiger charge is -2.11. The molecule has 0 N–H and O–H groups in total. The molecular formula is C11H17NOS. The average Bonchev–Trinajstić information content (AvgIpc) is 2.17. The zero-order valence-corrected chi connectivity index (χ0v) is 9.41. The molecule has 0 aromatic carbocycles. The normalized spacial score (nSPS) is 12.7. The van der Waals surface area contributed by atoms with Gasteiger partial charge in [-0.25, -0.2) is 0 Å². The van der Waals surface area contributed by atoms with Crippen molar-refractivity contribution in [3.8, 4) is 0 Å². The summed E-state index contributed by atoms with van der Waals surface area (Å²) in [5, 5.41) is 0. The Balaban J connectivity index is 2.38. The fourth-order valence-electron chi connectivity index (χ4n) is 1.33. The second kappa shape index (κ2) is 5.91. The van der Waals surface area contributed by atoms with Gasteiger partial charge in [0.1, 0.15) is 0 Å². The summed E-state index contributed by atoms with van der Waals surface area (Å²) in [5.41, 5.74) is 0.0738. The maximum absolute atomic E-state index is 10.8. The van der Waals surface area contributed by atoms with Crippen molar-refractivity contribution in [2.45, 2.75) is 26.3 Å². The van der Waals surface area contributed by atoms with Crippen LogP contribution in [0.3, 0.4) is 0 Å². The van der Waals surface area contributed by atoms with Crippen LogP contribution in [0.1, 0.15) is 19.8 Å². The lowest BCUT2D eigenvalue weighted by atomic mass is 10.1. The number of rotatable bonds is 5. The molecule has 0 fully saturated rings. The van der Waals surface area contributed by atoms with E-state index in [0.717, 1.165) is 25.1 Å². The molecule has 0 aliphatic heterocycles. The SMILES string of the molecule is CC(CCS)CCn1ccc(=O)cc1. The van der Waals surface area contributed by atoms with E-state index in [1.165, 1.54) is 0 Å². The summed E-state index contributed by atoms with van der Waals surface area (Å²) < 4.78 is 2.05. The number of aryl methyl sites for hydroxylation is 1. The van der Waals surface area contributed by atoms with Gasteiger partial charge in [-0.2, -0.15) is 12.6 Å². The van der Waals surface area contributed by atoms with E-state index in [9.17, 15) is 4.79 Å². The van der Waals surface area contributed by atoms with Crippen LogP contribution >= 0.6 is 12.6 Å². The molecule has 1 aromatic rings. The van der Waals surface area contributed by atoms with Gasteiger partial charge in [0.05, 0.1) is 0 Å². The second-order valence-electron chi connectivity index (χ2n) is 3.68. The molecule has 2 nitrogen and oxygen atoms in total. The Kier molecular flexibility index (Phi) is 4.80. The molecule has 0 saturated carbocycles. The van der Waals surface area contributed by atoms with E-state index in [1.807, 2.05) is 12.4 Å². The standard InChI is InChI=1S/C11H17NOS/c1-10(5-9-14)2-6-12-7-3-11(13)4-8-12/h3-4,7-8,10,14H,2,5-6,9H2,1H3. The molecule has 0 amide bonds. The molecule has 1 atom stereocenters. The topological polar surface area (TPSA) is 22.0 Å². The zero-order valence-electron chi connectivity index (χ0n) is 8.52. The molecule has 3 heteroatoms. The van der Waals surface area contributed by atoms with Crippen molar-refractivity contribution in [1.82, 2.24) is 4.57 Å². The maximum Gasteiger partial charge on any atom is 0.181 e. The van der Waals surface area contributed by atoms with Crippen LogP contribution in [-0.2, 0) is 6.54 Å². The van der Waals surface area contributed by atoms with E-state index in [-0.39, 0.29) is 5.43 Å². The molecule has 0 aliphatic rings. The van der Waals surface area contributed by atoms with E-state index < -0.39 is 0 Å². The van der Waals surface area contributed by atoms with Gasteiger partial charge in [0.15, 0.2) is 5.43 Å². The Morgan fingerprint density at radius 3 is 2.57 bits per heavy atom. The summed E-state index contributed by atoms with van der Waals surface area (Å²) in [7, 11) is 0. The first-order chi connectivity index (χ1) is 6.72. The second-order valence-corrected chi connectivity index (χ2v) is 4.13. The van der Waals surface area contributed by atoms with Crippen molar-refractivity contribution in [3.63, 3.8) is 0 Å². The fourth-order valence-corrected chi connectivity index (χ4v) is 1.77. The van der Waals surface area contributed by atoms with Crippen LogP contribution in [0.4, 0.5) is 0 Å². The van der Waals surface area contributed by atoms with Crippen LogP contribution in [0.5, 0.6) is 0 Å². The molecular weight excluding hydrogens is 194 g/mol. The first kappa shape index (κ1) is 11.4. The molecule has 1 rings (SSSR count). The Hall–Kier alpha value is -0.700. The largest absolute Gasteiger partial charge is 0.354 e. The minimum Gasteiger partial charge on any atom is -0.354 e. The van der Waals surface area contributed by atoms with Crippen LogP contribution in [0, 0.1) is 5.92 Å². The number of hydrogen-bond acceptors (Lipinski definition) is 2. The third-order valence-corrected chi connectivity index (χ3v) is 2.62. The van der Waals surface area contributed by atoms with E-state index in [4.69, 9.17) is 0 Å². The molecule has 78 valence electrons. The summed E-state index contributed by atoms with van der Waals surface area (Å²) in [6.45, 7) is 3.22. The van der Waals surface area contributed by atoms with Gasteiger partial charge in [-0.15, -0.1) is 0 Å². The van der Waals surface area contributed by atoms with Crippen LogP contribution in [0.25, 0.3) is 0 Å². The number of nitrogens with zero attached hydrogens (tertiary/aromatic N) is 1. The Morgan fingerprint density at radius 2 is 2.00 bits per heavy atom. The zero-order chi connectivity index (χ0) is 10.4. The van der Waals surface area contributed by atoms with Crippen molar-refractivity contribution in [2.24, 2.45) is 5.92 Å². The van der Waals surface area contributed by atoms with Gasteiger partial charge < -0.3 is 4.57 Å². The number of pyridine rings is 1. The van der Waals surface area contributed by atoms with E-state index in [2.05, 4.69) is 24.1 Å². The van der Waals surface area contributed by atoms with Gasteiger partial charge in [0, 0.05) is 31.1 Å². The summed E-state index contributed by atoms with van der Waals surface area (Å²) in [6.07, 6.45) is 5.98. The van der Waals surface area contributed by atoms with E-state index in [1.54, 1.807) is 12.1 Å². The number of aromatic nitrogens is 1. The lowest BCUT2D eigenvalue weighted by molar-refractivity contribution is 0.470. The van der Waals surface area contributed by atoms with Gasteiger partial charge in [0.25, 0.3) is 0 Å². The third-order valence-electron chi connectivity index (χ3n) is 2.36. The highest BCUT2D eigenvalue weighted by atomic mass is 32.1. The predicted molar refractivity (Wildman–Crippen MR) is 63.0 cm³/mol. The molecule has 1 unspecified atom stereocenters. The fraction of sp³-hybridized carbons (Fsp3) is 0.545. The Morgan fingerprint density at radius 1 is 1.36 bits per heavy atom. The molecule has 0 aliphatic carbocycles. The lowest BCUT2D eigenvalue weighted by Crippen LogP contribution is -2.07. The molecule has 0 bridgehead atoms. The minimum absolute atomic E-state index is 0.0738. The smallest absolute Gasteiger partial charge is 0.181 e. The van der Waals surface area contributed by atoms with Crippen LogP contribution in [0.2, 0.25) is 0 Å². The monoisotopic (exact) mass is 211 g/mol. The summed E-state index contributed by atoms with van der Waals surface area (Å²) in [6, 6.07) is 3.20. The molecule has 0 spiro atoms. The first-order valence-corrected chi connectivity index (χ1v) is 5.62. The van der Waals surface area contributed by atoms with Gasteiger partial charge in [-0.05, 0) is 24.5 Å². The highest BCUT2D eigenvalue weighted by Gasteiger charge is 2.00. The van der Waals surface area contributed by atoms with Crippen LogP contribution < -0.4 is 5.43 Å². The number of hydrogen-bond donors (Lipinski definition) is 1. The predicted octanol–water partition coefficient (Wildman–Crippen LogP) is 2.19. The van der Waals surface area contributed by atoms with Gasteiger partial charge in [0.2, 0.25) is 0 Å². The van der Waals surface area contributed by atoms with Gasteiger partial charge in [-0.3, -0.25) is 4.79 Å². The Labute approximate surface area is 90.4 Å². The molecule has 0 saturated heterocycles. The maximum atomic E-state index is 10.8. The Bertz CT molecular complexity index is 301. The van der Waals surface area contributed by atoms with E-state index in [0.29, 0.717) is 5.92 Å². The van der Waals surface area contributed by atoms with Gasteiger partial charge in [-0.1, -0.05) is 6.92 Å². The quantitative estimate of drug-likeness (QED) is 0.741. The third kappa shape index (κ3) is 4.01. The minimum atomic E-state index is 0.0738. The number of thiol groups is 1. The first-order valence-electron chi connectivity index (χ1n) is 4.99.